The Balaban J connectivity index is 3.78. The van der Waals surface area contributed by atoms with Gasteiger partial charge >= 0.3 is 0 Å². The van der Waals surface area contributed by atoms with Crippen LogP contribution in [0.25, 0.3) is 11.1 Å². The van der Waals surface area contributed by atoms with Crippen molar-refractivity contribution in [3.8, 4) is 30.0 Å². The fraction of sp³-hybridized carbons (Fsp3) is 0. The lowest BCUT2D eigenvalue weighted by Crippen LogP contribution is -2.12. The average Bonchev–Trinajstić information content (AvgIpc) is 2.34. The van der Waals surface area contributed by atoms with Crippen molar-refractivity contribution in [2.24, 2.45) is 0 Å². The van der Waals surface area contributed by atoms with E-state index in [4.69, 9.17) is 21.0 Å². The Morgan fingerprint density at radius 1 is 0.882 bits per heavy atom. The number of aromatic hydroxyl groups is 1. The molecule has 0 fully saturated rings. The lowest BCUT2D eigenvalue weighted by Gasteiger charge is -1.94. The zero-order chi connectivity index (χ0) is 12.8. The van der Waals surface area contributed by atoms with Gasteiger partial charge < -0.3 is 5.11 Å². The lowest BCUT2D eigenvalue weighted by molar-refractivity contribution is 0.470. The first-order valence-corrected chi connectivity index (χ1v) is 4.36. The fourth-order valence-electron chi connectivity index (χ4n) is 1.20. The summed E-state index contributed by atoms with van der Waals surface area (Å²) < 4.78 is 0. The molecule has 0 heterocycles. The van der Waals surface area contributed by atoms with Crippen LogP contribution in [0.2, 0.25) is 0 Å². The van der Waals surface area contributed by atoms with Gasteiger partial charge in [0.2, 0.25) is 0 Å². The van der Waals surface area contributed by atoms with Crippen molar-refractivity contribution in [1.29, 1.82) is 21.0 Å². The molecule has 0 saturated heterocycles. The fourth-order valence-corrected chi connectivity index (χ4v) is 1.20. The van der Waals surface area contributed by atoms with Gasteiger partial charge in [0.25, 0.3) is 0 Å². The summed E-state index contributed by atoms with van der Waals surface area (Å²) in [5.41, 5.74) is -0.383. The zero-order valence-electron chi connectivity index (χ0n) is 8.47. The molecule has 0 aliphatic carbocycles. The quantitative estimate of drug-likeness (QED) is 0.649. The van der Waals surface area contributed by atoms with E-state index in [9.17, 15) is 5.11 Å². The summed E-state index contributed by atoms with van der Waals surface area (Å²) in [6.07, 6.45) is 0. The first-order chi connectivity index (χ1) is 8.17. The van der Waals surface area contributed by atoms with Crippen LogP contribution in [-0.4, -0.2) is 5.11 Å². The molecule has 0 bridgehead atoms. The van der Waals surface area contributed by atoms with Gasteiger partial charge in [-0.05, 0) is 12.1 Å². The van der Waals surface area contributed by atoms with Crippen molar-refractivity contribution in [3.63, 3.8) is 0 Å². The van der Waals surface area contributed by atoms with Crippen LogP contribution in [-0.2, 0) is 0 Å². The number of hydrogen-bond acceptors (Lipinski definition) is 5. The monoisotopic (exact) mass is 220 g/mol. The highest BCUT2D eigenvalue weighted by molar-refractivity contribution is 5.75. The molecule has 1 rings (SSSR count). The van der Waals surface area contributed by atoms with E-state index in [1.54, 1.807) is 24.3 Å². The second-order valence-electron chi connectivity index (χ2n) is 2.93. The van der Waals surface area contributed by atoms with Crippen molar-refractivity contribution < 1.29 is 5.11 Å². The maximum atomic E-state index is 9.61. The van der Waals surface area contributed by atoms with E-state index >= 15 is 0 Å². The van der Waals surface area contributed by atoms with Crippen molar-refractivity contribution in [1.82, 2.24) is 0 Å². The van der Waals surface area contributed by atoms with E-state index in [2.05, 4.69) is 0 Å². The van der Waals surface area contributed by atoms with Crippen LogP contribution in [0.3, 0.4) is 0 Å². The number of benzene rings is 1. The molecule has 5 heteroatoms. The summed E-state index contributed by atoms with van der Waals surface area (Å²) in [7, 11) is 0. The molecule has 78 valence electrons. The average molecular weight is 220 g/mol. The Labute approximate surface area is 96.6 Å². The van der Waals surface area contributed by atoms with E-state index in [1.807, 2.05) is 0 Å². The third kappa shape index (κ3) is 2.21. The van der Waals surface area contributed by atoms with Gasteiger partial charge in [-0.3, -0.25) is 0 Å². The predicted molar refractivity (Wildman–Crippen MR) is 56.6 cm³/mol. The van der Waals surface area contributed by atoms with Gasteiger partial charge in [0.15, 0.2) is 0 Å². The summed E-state index contributed by atoms with van der Waals surface area (Å²) in [4.78, 5) is 0. The third-order valence-corrected chi connectivity index (χ3v) is 2.00. The zero-order valence-corrected chi connectivity index (χ0v) is 8.47. The molecule has 1 N–H and O–H groups in total. The van der Waals surface area contributed by atoms with Crippen LogP contribution in [0.15, 0.2) is 18.2 Å². The SMILES string of the molecule is N#CC(C#N)=c1ccc(=C(C#N)C#N)c(O)c1. The Hall–Kier alpha value is -3.28. The number of nitriles is 4. The van der Waals surface area contributed by atoms with Gasteiger partial charge in [-0.25, -0.2) is 0 Å². The molecule has 17 heavy (non-hydrogen) atoms. The van der Waals surface area contributed by atoms with Crippen LogP contribution in [0.5, 0.6) is 5.75 Å². The van der Waals surface area contributed by atoms with Gasteiger partial charge in [-0.15, -0.1) is 0 Å². The standard InChI is InChI=1S/C12H4N4O/c13-4-9(5-14)8-1-2-11(12(17)3-8)10(6-15)7-16/h1-3,17H. The highest BCUT2D eigenvalue weighted by atomic mass is 16.3. The summed E-state index contributed by atoms with van der Waals surface area (Å²) in [5, 5.41) is 44.5. The number of nitrogens with zero attached hydrogens (tertiary/aromatic N) is 4. The molecule has 1 aromatic rings. The first-order valence-electron chi connectivity index (χ1n) is 4.36. The van der Waals surface area contributed by atoms with Gasteiger partial charge in [0.1, 0.15) is 41.2 Å². The Bertz CT molecular complexity index is 716. The van der Waals surface area contributed by atoms with Gasteiger partial charge in [-0.2, -0.15) is 21.0 Å². The van der Waals surface area contributed by atoms with Crippen molar-refractivity contribution in [2.75, 3.05) is 0 Å². The van der Waals surface area contributed by atoms with Gasteiger partial charge in [0, 0.05) is 10.4 Å². The molecule has 0 atom stereocenters. The summed E-state index contributed by atoms with van der Waals surface area (Å²) in [6, 6.07) is 10.5. The minimum atomic E-state index is -0.316. The maximum absolute atomic E-state index is 9.61. The largest absolute Gasteiger partial charge is 0.507 e. The molecule has 0 spiro atoms. The molecule has 0 aliphatic rings. The van der Waals surface area contributed by atoms with E-state index in [-0.39, 0.29) is 27.3 Å². The minimum absolute atomic E-state index is 0.0778. The van der Waals surface area contributed by atoms with E-state index in [0.29, 0.717) is 0 Å². The molecular formula is C12H4N4O. The normalized spacial score (nSPS) is 8.00. The van der Waals surface area contributed by atoms with Crippen molar-refractivity contribution in [2.45, 2.75) is 0 Å². The Kier molecular flexibility index (Phi) is 3.46. The number of phenols is 1. The molecule has 0 aromatic heterocycles. The predicted octanol–water partition coefficient (Wildman–Crippen LogP) is -0.212. The Morgan fingerprint density at radius 2 is 1.41 bits per heavy atom. The van der Waals surface area contributed by atoms with Crippen LogP contribution >= 0.6 is 0 Å². The smallest absolute Gasteiger partial charge is 0.140 e. The summed E-state index contributed by atoms with van der Waals surface area (Å²) in [5.74, 6) is -0.316. The van der Waals surface area contributed by atoms with Crippen LogP contribution < -0.4 is 10.4 Å². The maximum Gasteiger partial charge on any atom is 0.140 e. The van der Waals surface area contributed by atoms with Crippen molar-refractivity contribution >= 4 is 11.1 Å². The van der Waals surface area contributed by atoms with Crippen LogP contribution in [0.4, 0.5) is 0 Å². The van der Waals surface area contributed by atoms with Crippen LogP contribution in [0.1, 0.15) is 0 Å². The van der Waals surface area contributed by atoms with Crippen LogP contribution in [0, 0.1) is 45.3 Å². The van der Waals surface area contributed by atoms with E-state index in [0.717, 1.165) is 0 Å². The summed E-state index contributed by atoms with van der Waals surface area (Å²) >= 11 is 0. The first kappa shape index (κ1) is 11.8. The Morgan fingerprint density at radius 3 is 1.82 bits per heavy atom. The molecule has 0 amide bonds. The second kappa shape index (κ2) is 4.99. The molecule has 5 nitrogen and oxygen atoms in total. The molecule has 0 unspecified atom stereocenters. The van der Waals surface area contributed by atoms with E-state index in [1.165, 1.54) is 18.2 Å². The molecule has 0 saturated carbocycles. The molecule has 0 aliphatic heterocycles. The van der Waals surface area contributed by atoms with Gasteiger partial charge in [0.05, 0.1) is 0 Å². The molecule has 0 radical (unpaired) electrons. The third-order valence-electron chi connectivity index (χ3n) is 2.00. The molecule has 1 aromatic carbocycles. The van der Waals surface area contributed by atoms with Gasteiger partial charge in [-0.1, -0.05) is 6.07 Å². The number of hydrogen-bond donors (Lipinski definition) is 1. The lowest BCUT2D eigenvalue weighted by atomic mass is 10.1. The molecular weight excluding hydrogens is 216 g/mol. The highest BCUT2D eigenvalue weighted by Crippen LogP contribution is 1.99. The second-order valence-corrected chi connectivity index (χ2v) is 2.93. The minimum Gasteiger partial charge on any atom is -0.507 e. The number of rotatable bonds is 0. The highest BCUT2D eigenvalue weighted by Gasteiger charge is 2.02. The topological polar surface area (TPSA) is 115 Å². The van der Waals surface area contributed by atoms with E-state index < -0.39 is 0 Å². The van der Waals surface area contributed by atoms with Crippen molar-refractivity contribution in [3.05, 3.63) is 28.6 Å². The number of phenolic OH excluding ortho intramolecular Hbond substituents is 1. The summed E-state index contributed by atoms with van der Waals surface area (Å²) in [6.45, 7) is 0.